The zero-order valence-corrected chi connectivity index (χ0v) is 20.7. The maximum absolute atomic E-state index is 13.1. The van der Waals surface area contributed by atoms with Gasteiger partial charge in [0.15, 0.2) is 0 Å². The van der Waals surface area contributed by atoms with Crippen LogP contribution in [0, 0.1) is 5.92 Å². The fourth-order valence-electron chi connectivity index (χ4n) is 4.53. The van der Waals surface area contributed by atoms with Gasteiger partial charge >= 0.3 is 0 Å². The van der Waals surface area contributed by atoms with Gasteiger partial charge in [-0.3, -0.25) is 9.52 Å². The molecule has 1 fully saturated rings. The molecule has 1 heterocycles. The Bertz CT molecular complexity index is 1220. The first kappa shape index (κ1) is 24.9. The highest BCUT2D eigenvalue weighted by Crippen LogP contribution is 2.28. The van der Waals surface area contributed by atoms with E-state index in [-0.39, 0.29) is 10.7 Å². The summed E-state index contributed by atoms with van der Waals surface area (Å²) in [7, 11) is -3.87. The van der Waals surface area contributed by atoms with E-state index >= 15 is 0 Å². The molecule has 0 radical (unpaired) electrons. The van der Waals surface area contributed by atoms with Crippen molar-refractivity contribution in [2.24, 2.45) is 5.92 Å². The zero-order chi connectivity index (χ0) is 24.7. The molecular formula is C26H32N4O4S. The number of para-hydroxylation sites is 1. The summed E-state index contributed by atoms with van der Waals surface area (Å²) in [6.45, 7) is 2.76. The van der Waals surface area contributed by atoms with Crippen LogP contribution in [0.25, 0.3) is 0 Å². The van der Waals surface area contributed by atoms with Gasteiger partial charge in [0.2, 0.25) is 5.76 Å². The van der Waals surface area contributed by atoms with E-state index in [1.807, 2.05) is 12.1 Å². The zero-order valence-electron chi connectivity index (χ0n) is 19.9. The normalized spacial score (nSPS) is 15.5. The summed E-state index contributed by atoms with van der Waals surface area (Å²) in [5, 5.41) is 9.69. The van der Waals surface area contributed by atoms with E-state index in [0.717, 1.165) is 17.9 Å². The molecule has 2 aromatic carbocycles. The molecule has 0 aliphatic heterocycles. The van der Waals surface area contributed by atoms with Crippen LogP contribution in [-0.2, 0) is 16.6 Å². The fourth-order valence-corrected chi connectivity index (χ4v) is 5.68. The van der Waals surface area contributed by atoms with Crippen LogP contribution in [0.1, 0.15) is 61.6 Å². The number of benzene rings is 2. The van der Waals surface area contributed by atoms with Crippen LogP contribution in [0.2, 0.25) is 0 Å². The van der Waals surface area contributed by atoms with Crippen molar-refractivity contribution in [1.29, 1.82) is 0 Å². The number of hydrogen-bond donors (Lipinski definition) is 3. The van der Waals surface area contributed by atoms with E-state index in [2.05, 4.69) is 27.4 Å². The number of carbonyl (C=O) groups is 1. The lowest BCUT2D eigenvalue weighted by Gasteiger charge is -2.25. The van der Waals surface area contributed by atoms with Crippen molar-refractivity contribution in [1.82, 2.24) is 10.5 Å². The quantitative estimate of drug-likeness (QED) is 0.357. The predicted molar refractivity (Wildman–Crippen MR) is 136 cm³/mol. The first-order valence-electron chi connectivity index (χ1n) is 12.1. The molecule has 3 N–H and O–H groups in total. The average molecular weight is 497 g/mol. The summed E-state index contributed by atoms with van der Waals surface area (Å²) in [4.78, 5) is 12.3. The number of rotatable bonds is 10. The van der Waals surface area contributed by atoms with Gasteiger partial charge in [-0.2, -0.15) is 0 Å². The van der Waals surface area contributed by atoms with Crippen molar-refractivity contribution in [2.45, 2.75) is 62.9 Å². The Hall–Kier alpha value is -3.17. The minimum atomic E-state index is -3.87. The van der Waals surface area contributed by atoms with Crippen LogP contribution in [-0.4, -0.2) is 25.5 Å². The van der Waals surface area contributed by atoms with E-state index in [9.17, 15) is 13.2 Å². The summed E-state index contributed by atoms with van der Waals surface area (Å²) in [5.74, 6) is 0.302. The summed E-state index contributed by atoms with van der Waals surface area (Å²) in [5.41, 5.74) is 1.74. The lowest BCUT2D eigenvalue weighted by atomic mass is 9.85. The molecule has 3 aromatic rings. The molecule has 1 amide bonds. The second kappa shape index (κ2) is 11.5. The predicted octanol–water partition coefficient (Wildman–Crippen LogP) is 5.18. The molecule has 1 aliphatic rings. The van der Waals surface area contributed by atoms with Gasteiger partial charge in [0, 0.05) is 24.3 Å². The molecule has 9 heteroatoms. The summed E-state index contributed by atoms with van der Waals surface area (Å²) < 4.78 is 33.8. The maximum atomic E-state index is 13.1. The lowest BCUT2D eigenvalue weighted by Crippen LogP contribution is -2.29. The monoisotopic (exact) mass is 496 g/mol. The first-order valence-corrected chi connectivity index (χ1v) is 13.6. The highest BCUT2D eigenvalue weighted by molar-refractivity contribution is 7.92. The molecule has 1 aliphatic carbocycles. The summed E-state index contributed by atoms with van der Waals surface area (Å²) >= 11 is 0. The number of anilines is 2. The second-order valence-electron chi connectivity index (χ2n) is 9.14. The van der Waals surface area contributed by atoms with Gasteiger partial charge in [-0.15, -0.1) is 0 Å². The van der Waals surface area contributed by atoms with Crippen LogP contribution < -0.4 is 15.4 Å². The van der Waals surface area contributed by atoms with Gasteiger partial charge in [-0.05, 0) is 49.1 Å². The second-order valence-corrected chi connectivity index (χ2v) is 10.8. The summed E-state index contributed by atoms with van der Waals surface area (Å²) in [6.07, 6.45) is 9.12. The number of carbonyl (C=O) groups excluding carboxylic acids is 1. The number of hydrogen-bond acceptors (Lipinski definition) is 6. The van der Waals surface area contributed by atoms with E-state index in [1.54, 1.807) is 24.3 Å². The van der Waals surface area contributed by atoms with Gasteiger partial charge in [0.25, 0.3) is 15.9 Å². The molecule has 0 unspecified atom stereocenters. The number of sulfonamides is 1. The van der Waals surface area contributed by atoms with Gasteiger partial charge in [-0.25, -0.2) is 8.42 Å². The number of nitrogens with one attached hydrogen (secondary N) is 3. The third-order valence-electron chi connectivity index (χ3n) is 6.38. The molecule has 0 saturated heterocycles. The van der Waals surface area contributed by atoms with Gasteiger partial charge in [0.1, 0.15) is 0 Å². The van der Waals surface area contributed by atoms with E-state index in [1.165, 1.54) is 56.5 Å². The van der Waals surface area contributed by atoms with Gasteiger partial charge in [0.05, 0.1) is 16.8 Å². The number of aromatic nitrogens is 1. The molecule has 1 saturated carbocycles. The Balaban J connectivity index is 1.41. The van der Waals surface area contributed by atoms with Crippen molar-refractivity contribution < 1.29 is 17.7 Å². The molecule has 4 rings (SSSR count). The van der Waals surface area contributed by atoms with E-state index in [4.69, 9.17) is 4.52 Å². The molecule has 35 heavy (non-hydrogen) atoms. The van der Waals surface area contributed by atoms with Crippen LogP contribution in [0.5, 0.6) is 0 Å². The smallest absolute Gasteiger partial charge is 0.294 e. The lowest BCUT2D eigenvalue weighted by molar-refractivity contribution is 0.0988. The standard InChI is InChI=1S/C26H32N4O4S/c1-19(16-20-8-3-2-4-9-20)27-18-21-10-5-6-13-24(21)30-35(32,33)23-12-7-11-22(17-23)29-26(31)25-14-15-28-34-25/h5-7,10-15,17,19-20,27,30H,2-4,8-9,16,18H2,1H3,(H,29,31)/t19-/m0/s1. The first-order chi connectivity index (χ1) is 16.9. The van der Waals surface area contributed by atoms with Crippen LogP contribution in [0.15, 0.2) is 70.2 Å². The minimum absolute atomic E-state index is 0.0375. The van der Waals surface area contributed by atoms with Crippen LogP contribution in [0.4, 0.5) is 11.4 Å². The van der Waals surface area contributed by atoms with Crippen molar-refractivity contribution in [3.05, 3.63) is 72.1 Å². The highest BCUT2D eigenvalue weighted by atomic mass is 32.2. The number of amides is 1. The molecule has 1 aromatic heterocycles. The maximum Gasteiger partial charge on any atom is 0.294 e. The molecule has 8 nitrogen and oxygen atoms in total. The Morgan fingerprint density at radius 3 is 2.66 bits per heavy atom. The SMILES string of the molecule is C[C@@H](CC1CCCCC1)NCc1ccccc1NS(=O)(=O)c1cccc(NC(=O)c2ccno2)c1. The van der Waals surface area contributed by atoms with Crippen molar-refractivity contribution in [3.8, 4) is 0 Å². The molecular weight excluding hydrogens is 464 g/mol. The topological polar surface area (TPSA) is 113 Å². The molecule has 186 valence electrons. The largest absolute Gasteiger partial charge is 0.351 e. The Labute approximate surface area is 206 Å². The molecule has 1 atom stereocenters. The third-order valence-corrected chi connectivity index (χ3v) is 7.74. The minimum Gasteiger partial charge on any atom is -0.351 e. The average Bonchev–Trinajstić information content (AvgIpc) is 3.40. The van der Waals surface area contributed by atoms with E-state index < -0.39 is 15.9 Å². The molecule has 0 spiro atoms. The number of nitrogens with zero attached hydrogens (tertiary/aromatic N) is 1. The Morgan fingerprint density at radius 1 is 1.09 bits per heavy atom. The van der Waals surface area contributed by atoms with E-state index in [0.29, 0.717) is 24.0 Å². The van der Waals surface area contributed by atoms with Crippen LogP contribution >= 0.6 is 0 Å². The highest BCUT2D eigenvalue weighted by Gasteiger charge is 2.19. The van der Waals surface area contributed by atoms with Crippen LogP contribution in [0.3, 0.4) is 0 Å². The molecule has 0 bridgehead atoms. The summed E-state index contributed by atoms with van der Waals surface area (Å²) in [6, 6.07) is 15.3. The van der Waals surface area contributed by atoms with Gasteiger partial charge in [-0.1, -0.05) is 61.5 Å². The van der Waals surface area contributed by atoms with Crippen molar-refractivity contribution in [3.63, 3.8) is 0 Å². The van der Waals surface area contributed by atoms with Crippen molar-refractivity contribution >= 4 is 27.3 Å². The Morgan fingerprint density at radius 2 is 1.89 bits per heavy atom. The third kappa shape index (κ3) is 6.93. The Kier molecular flexibility index (Phi) is 8.20. The van der Waals surface area contributed by atoms with Crippen molar-refractivity contribution in [2.75, 3.05) is 10.0 Å². The van der Waals surface area contributed by atoms with Gasteiger partial charge < -0.3 is 15.2 Å². The fraction of sp³-hybridized carbons (Fsp3) is 0.385.